The number of halogens is 2. The van der Waals surface area contributed by atoms with Crippen molar-refractivity contribution in [2.75, 3.05) is 5.32 Å². The molecule has 0 aliphatic heterocycles. The molecule has 0 fully saturated rings. The Balaban J connectivity index is 2.18. The fourth-order valence-electron chi connectivity index (χ4n) is 1.46. The molecular weight excluding hydrogens is 316 g/mol. The van der Waals surface area contributed by atoms with Crippen LogP contribution in [-0.2, 0) is 0 Å². The van der Waals surface area contributed by atoms with E-state index in [4.69, 9.17) is 11.6 Å². The molecule has 0 unspecified atom stereocenters. The molecule has 1 heterocycles. The SMILES string of the molecule is Cc1cc(NC(=O)c2cccc(Br)c2)cnc1Cl. The summed E-state index contributed by atoms with van der Waals surface area (Å²) in [5, 5.41) is 3.21. The van der Waals surface area contributed by atoms with Crippen LogP contribution in [0.1, 0.15) is 15.9 Å². The van der Waals surface area contributed by atoms with E-state index in [1.54, 1.807) is 18.2 Å². The second-order valence-corrected chi connectivity index (χ2v) is 5.07. The van der Waals surface area contributed by atoms with E-state index in [0.717, 1.165) is 10.0 Å². The molecule has 1 aromatic heterocycles. The minimum absolute atomic E-state index is 0.181. The Labute approximate surface area is 118 Å². The van der Waals surface area contributed by atoms with E-state index in [1.165, 1.54) is 6.20 Å². The van der Waals surface area contributed by atoms with Gasteiger partial charge in [-0.25, -0.2) is 4.98 Å². The molecule has 0 atom stereocenters. The summed E-state index contributed by atoms with van der Waals surface area (Å²) in [6.45, 7) is 1.84. The van der Waals surface area contributed by atoms with Crippen LogP contribution < -0.4 is 5.32 Å². The van der Waals surface area contributed by atoms with Gasteiger partial charge in [-0.1, -0.05) is 33.6 Å². The lowest BCUT2D eigenvalue weighted by molar-refractivity contribution is 0.102. The highest BCUT2D eigenvalue weighted by Crippen LogP contribution is 2.17. The van der Waals surface area contributed by atoms with Gasteiger partial charge < -0.3 is 5.32 Å². The van der Waals surface area contributed by atoms with Crippen molar-refractivity contribution in [2.24, 2.45) is 0 Å². The van der Waals surface area contributed by atoms with Crippen molar-refractivity contribution in [3.05, 3.63) is 57.3 Å². The predicted octanol–water partition coefficient (Wildman–Crippen LogP) is 4.06. The van der Waals surface area contributed by atoms with Crippen molar-refractivity contribution in [3.8, 4) is 0 Å². The third-order valence-electron chi connectivity index (χ3n) is 2.36. The number of amides is 1. The summed E-state index contributed by atoms with van der Waals surface area (Å²) >= 11 is 9.15. The molecule has 1 aromatic carbocycles. The van der Waals surface area contributed by atoms with Crippen LogP contribution in [-0.4, -0.2) is 10.9 Å². The first-order chi connectivity index (χ1) is 8.56. The topological polar surface area (TPSA) is 42.0 Å². The molecule has 0 bridgehead atoms. The maximum atomic E-state index is 12.0. The average molecular weight is 326 g/mol. The Morgan fingerprint density at radius 1 is 1.39 bits per heavy atom. The quantitative estimate of drug-likeness (QED) is 0.846. The van der Waals surface area contributed by atoms with Crippen molar-refractivity contribution in [1.29, 1.82) is 0 Å². The van der Waals surface area contributed by atoms with Gasteiger partial charge in [-0.15, -0.1) is 0 Å². The summed E-state index contributed by atoms with van der Waals surface area (Å²) in [6, 6.07) is 8.96. The van der Waals surface area contributed by atoms with Gasteiger partial charge in [0.15, 0.2) is 0 Å². The van der Waals surface area contributed by atoms with E-state index in [-0.39, 0.29) is 5.91 Å². The molecule has 0 saturated heterocycles. The number of aryl methyl sites for hydroxylation is 1. The van der Waals surface area contributed by atoms with Crippen LogP contribution in [0.5, 0.6) is 0 Å². The van der Waals surface area contributed by atoms with Crippen molar-refractivity contribution >= 4 is 39.1 Å². The van der Waals surface area contributed by atoms with Crippen LogP contribution in [0.15, 0.2) is 41.0 Å². The fraction of sp³-hybridized carbons (Fsp3) is 0.0769. The zero-order valence-electron chi connectivity index (χ0n) is 9.58. The number of nitrogens with one attached hydrogen (secondary N) is 1. The smallest absolute Gasteiger partial charge is 0.255 e. The van der Waals surface area contributed by atoms with Gasteiger partial charge in [0, 0.05) is 10.0 Å². The van der Waals surface area contributed by atoms with Gasteiger partial charge in [-0.2, -0.15) is 0 Å². The number of nitrogens with zero attached hydrogens (tertiary/aromatic N) is 1. The van der Waals surface area contributed by atoms with E-state index >= 15 is 0 Å². The Kier molecular flexibility index (Phi) is 3.99. The zero-order valence-corrected chi connectivity index (χ0v) is 11.9. The molecular formula is C13H10BrClN2O. The van der Waals surface area contributed by atoms with E-state index in [0.29, 0.717) is 16.4 Å². The van der Waals surface area contributed by atoms with Crippen LogP contribution in [0.3, 0.4) is 0 Å². The van der Waals surface area contributed by atoms with E-state index in [9.17, 15) is 4.79 Å². The van der Waals surface area contributed by atoms with Gasteiger partial charge in [0.1, 0.15) is 5.15 Å². The third kappa shape index (κ3) is 3.09. The van der Waals surface area contributed by atoms with Gasteiger partial charge in [-0.05, 0) is 36.8 Å². The predicted molar refractivity (Wildman–Crippen MR) is 76.1 cm³/mol. The van der Waals surface area contributed by atoms with Crippen LogP contribution in [0, 0.1) is 6.92 Å². The second kappa shape index (κ2) is 5.50. The average Bonchev–Trinajstić information content (AvgIpc) is 2.34. The van der Waals surface area contributed by atoms with E-state index in [2.05, 4.69) is 26.2 Å². The molecule has 2 rings (SSSR count). The largest absolute Gasteiger partial charge is 0.321 e. The molecule has 18 heavy (non-hydrogen) atoms. The van der Waals surface area contributed by atoms with Crippen LogP contribution in [0.25, 0.3) is 0 Å². The summed E-state index contributed by atoms with van der Waals surface area (Å²) < 4.78 is 0.862. The molecule has 0 radical (unpaired) electrons. The second-order valence-electron chi connectivity index (χ2n) is 3.80. The van der Waals surface area contributed by atoms with E-state index in [1.807, 2.05) is 19.1 Å². The summed E-state index contributed by atoms with van der Waals surface area (Å²) in [6.07, 6.45) is 1.53. The Bertz CT molecular complexity index is 601. The lowest BCUT2D eigenvalue weighted by atomic mass is 10.2. The summed E-state index contributed by atoms with van der Waals surface area (Å²) in [4.78, 5) is 16.0. The molecule has 0 aliphatic rings. The van der Waals surface area contributed by atoms with Crippen molar-refractivity contribution in [3.63, 3.8) is 0 Å². The number of benzene rings is 1. The Hall–Kier alpha value is -1.39. The highest BCUT2D eigenvalue weighted by Gasteiger charge is 2.07. The molecule has 92 valence electrons. The molecule has 0 aliphatic carbocycles. The number of hydrogen-bond acceptors (Lipinski definition) is 2. The standard InChI is InChI=1S/C13H10BrClN2O/c1-8-5-11(7-16-12(8)15)17-13(18)9-3-2-4-10(14)6-9/h2-7H,1H3,(H,17,18). The van der Waals surface area contributed by atoms with Gasteiger partial charge in [-0.3, -0.25) is 4.79 Å². The molecule has 0 saturated carbocycles. The number of carbonyl (C=O) groups is 1. The van der Waals surface area contributed by atoms with Crippen LogP contribution in [0.2, 0.25) is 5.15 Å². The lowest BCUT2D eigenvalue weighted by Gasteiger charge is -2.06. The molecule has 1 amide bonds. The monoisotopic (exact) mass is 324 g/mol. The van der Waals surface area contributed by atoms with E-state index < -0.39 is 0 Å². The van der Waals surface area contributed by atoms with Gasteiger partial charge in [0.05, 0.1) is 11.9 Å². The maximum absolute atomic E-state index is 12.0. The summed E-state index contributed by atoms with van der Waals surface area (Å²) in [7, 11) is 0. The van der Waals surface area contributed by atoms with Crippen LogP contribution >= 0.6 is 27.5 Å². The van der Waals surface area contributed by atoms with Gasteiger partial charge >= 0.3 is 0 Å². The first-order valence-corrected chi connectivity index (χ1v) is 6.42. The lowest BCUT2D eigenvalue weighted by Crippen LogP contribution is -2.12. The highest BCUT2D eigenvalue weighted by atomic mass is 79.9. The first-order valence-electron chi connectivity index (χ1n) is 5.25. The number of aromatic nitrogens is 1. The zero-order chi connectivity index (χ0) is 13.1. The first kappa shape index (κ1) is 13.1. The van der Waals surface area contributed by atoms with Crippen LogP contribution in [0.4, 0.5) is 5.69 Å². The van der Waals surface area contributed by atoms with Crippen molar-refractivity contribution < 1.29 is 4.79 Å². The molecule has 0 spiro atoms. The van der Waals surface area contributed by atoms with Gasteiger partial charge in [0.2, 0.25) is 0 Å². The molecule has 3 nitrogen and oxygen atoms in total. The Morgan fingerprint density at radius 2 is 2.17 bits per heavy atom. The number of anilines is 1. The number of rotatable bonds is 2. The highest BCUT2D eigenvalue weighted by molar-refractivity contribution is 9.10. The number of hydrogen-bond donors (Lipinski definition) is 1. The fourth-order valence-corrected chi connectivity index (χ4v) is 1.96. The normalized spacial score (nSPS) is 10.2. The molecule has 5 heteroatoms. The number of carbonyl (C=O) groups excluding carboxylic acids is 1. The maximum Gasteiger partial charge on any atom is 0.255 e. The minimum atomic E-state index is -0.181. The Morgan fingerprint density at radius 3 is 2.83 bits per heavy atom. The minimum Gasteiger partial charge on any atom is -0.321 e. The van der Waals surface area contributed by atoms with Crippen molar-refractivity contribution in [1.82, 2.24) is 4.98 Å². The summed E-state index contributed by atoms with van der Waals surface area (Å²) in [5.74, 6) is -0.181. The third-order valence-corrected chi connectivity index (χ3v) is 3.25. The molecule has 1 N–H and O–H groups in total. The number of pyridine rings is 1. The molecule has 2 aromatic rings. The summed E-state index contributed by atoms with van der Waals surface area (Å²) in [5.41, 5.74) is 2.03. The van der Waals surface area contributed by atoms with Crippen molar-refractivity contribution in [2.45, 2.75) is 6.92 Å². The van der Waals surface area contributed by atoms with Gasteiger partial charge in [0.25, 0.3) is 5.91 Å².